The first kappa shape index (κ1) is 10.8. The third-order valence-corrected chi connectivity index (χ3v) is 5.34. The van der Waals surface area contributed by atoms with Gasteiger partial charge in [-0.3, -0.25) is 0 Å². The minimum absolute atomic E-state index is 0.448. The minimum Gasteiger partial charge on any atom is -0.302 e. The third kappa shape index (κ3) is 2.27. The van der Waals surface area contributed by atoms with Crippen molar-refractivity contribution >= 4 is 11.8 Å². The van der Waals surface area contributed by atoms with E-state index < -0.39 is 0 Å². The Morgan fingerprint density at radius 3 is 2.21 bits per heavy atom. The maximum atomic E-state index is 3.81. The highest BCUT2D eigenvalue weighted by molar-refractivity contribution is 8.00. The van der Waals surface area contributed by atoms with Crippen LogP contribution in [0.1, 0.15) is 40.0 Å². The van der Waals surface area contributed by atoms with E-state index >= 15 is 0 Å². The molecule has 1 saturated heterocycles. The van der Waals surface area contributed by atoms with Crippen LogP contribution < -0.4 is 5.32 Å². The molecule has 3 atom stereocenters. The maximum Gasteiger partial charge on any atom is 0.0650 e. The molecule has 82 valence electrons. The van der Waals surface area contributed by atoms with E-state index in [1.807, 2.05) is 0 Å². The summed E-state index contributed by atoms with van der Waals surface area (Å²) in [6.07, 6.45) is 4.20. The zero-order valence-electron chi connectivity index (χ0n) is 9.68. The molecule has 0 aromatic carbocycles. The van der Waals surface area contributed by atoms with Crippen molar-refractivity contribution in [2.24, 2.45) is 17.8 Å². The second-order valence-corrected chi connectivity index (χ2v) is 7.05. The molecule has 2 heteroatoms. The van der Waals surface area contributed by atoms with Gasteiger partial charge in [0.2, 0.25) is 0 Å². The lowest BCUT2D eigenvalue weighted by molar-refractivity contribution is 0.206. The molecule has 2 rings (SSSR count). The number of rotatable bonds is 0. The second kappa shape index (κ2) is 4.05. The van der Waals surface area contributed by atoms with Gasteiger partial charge >= 0.3 is 0 Å². The van der Waals surface area contributed by atoms with E-state index in [0.717, 1.165) is 17.8 Å². The lowest BCUT2D eigenvalue weighted by Crippen LogP contribution is -2.52. The second-order valence-electron chi connectivity index (χ2n) is 5.65. The molecule has 1 nitrogen and oxygen atoms in total. The summed E-state index contributed by atoms with van der Waals surface area (Å²) in [6, 6.07) is 0. The van der Waals surface area contributed by atoms with E-state index in [1.165, 1.54) is 31.6 Å². The molecule has 0 amide bonds. The standard InChI is InChI=1S/C12H23NS/c1-9-4-10(2)6-12(5-9)13-7-11(3)8-14-12/h9-11,13H,4-8H2,1-3H3. The van der Waals surface area contributed by atoms with Crippen molar-refractivity contribution in [3.63, 3.8) is 0 Å². The molecule has 0 radical (unpaired) electrons. The zero-order chi connectivity index (χ0) is 10.2. The van der Waals surface area contributed by atoms with Crippen molar-refractivity contribution in [3.8, 4) is 0 Å². The number of nitrogens with one attached hydrogen (secondary N) is 1. The summed E-state index contributed by atoms with van der Waals surface area (Å²) in [5.41, 5.74) is 0. The summed E-state index contributed by atoms with van der Waals surface area (Å²) in [4.78, 5) is 0.448. The molecule has 2 fully saturated rings. The normalized spacial score (nSPS) is 49.5. The van der Waals surface area contributed by atoms with Crippen LogP contribution >= 0.6 is 11.8 Å². The van der Waals surface area contributed by atoms with Crippen LogP contribution in [-0.2, 0) is 0 Å². The first-order chi connectivity index (χ1) is 6.60. The van der Waals surface area contributed by atoms with Crippen LogP contribution in [0.5, 0.6) is 0 Å². The Balaban J connectivity index is 2.00. The quantitative estimate of drug-likeness (QED) is 0.663. The fourth-order valence-electron chi connectivity index (χ4n) is 3.10. The number of hydrogen-bond acceptors (Lipinski definition) is 2. The molecule has 1 spiro atoms. The Morgan fingerprint density at radius 1 is 1.07 bits per heavy atom. The number of hydrogen-bond donors (Lipinski definition) is 1. The predicted molar refractivity (Wildman–Crippen MR) is 64.5 cm³/mol. The zero-order valence-corrected chi connectivity index (χ0v) is 10.5. The molecule has 1 heterocycles. The molecule has 0 aromatic heterocycles. The topological polar surface area (TPSA) is 12.0 Å². The van der Waals surface area contributed by atoms with Crippen molar-refractivity contribution < 1.29 is 0 Å². The highest BCUT2D eigenvalue weighted by Gasteiger charge is 2.40. The van der Waals surface area contributed by atoms with Gasteiger partial charge in [0.1, 0.15) is 0 Å². The summed E-state index contributed by atoms with van der Waals surface area (Å²) in [5, 5.41) is 3.81. The van der Waals surface area contributed by atoms with Crippen LogP contribution in [-0.4, -0.2) is 17.2 Å². The van der Waals surface area contributed by atoms with Crippen LogP contribution in [0.3, 0.4) is 0 Å². The molecular weight excluding hydrogens is 190 g/mol. The van der Waals surface area contributed by atoms with E-state index in [1.54, 1.807) is 0 Å². The van der Waals surface area contributed by atoms with Gasteiger partial charge in [0.05, 0.1) is 4.87 Å². The van der Waals surface area contributed by atoms with Gasteiger partial charge in [-0.15, -0.1) is 11.8 Å². The summed E-state index contributed by atoms with van der Waals surface area (Å²) >= 11 is 2.19. The van der Waals surface area contributed by atoms with Crippen LogP contribution in [0.2, 0.25) is 0 Å². The first-order valence-corrected chi connectivity index (χ1v) is 6.97. The monoisotopic (exact) mass is 213 g/mol. The predicted octanol–water partition coefficient (Wildman–Crippen LogP) is 3.11. The van der Waals surface area contributed by atoms with Crippen LogP contribution in [0, 0.1) is 17.8 Å². The Kier molecular flexibility index (Phi) is 3.13. The molecule has 1 aliphatic heterocycles. The molecule has 1 aliphatic carbocycles. The highest BCUT2D eigenvalue weighted by Crippen LogP contribution is 2.45. The molecule has 14 heavy (non-hydrogen) atoms. The smallest absolute Gasteiger partial charge is 0.0650 e. The Hall–Kier alpha value is 0.310. The largest absolute Gasteiger partial charge is 0.302 e. The lowest BCUT2D eigenvalue weighted by atomic mass is 9.79. The number of thioether (sulfide) groups is 1. The first-order valence-electron chi connectivity index (χ1n) is 5.99. The molecule has 0 aromatic rings. The Morgan fingerprint density at radius 2 is 1.71 bits per heavy atom. The highest BCUT2D eigenvalue weighted by atomic mass is 32.2. The molecule has 3 unspecified atom stereocenters. The van der Waals surface area contributed by atoms with Gasteiger partial charge in [0.15, 0.2) is 0 Å². The fourth-order valence-corrected chi connectivity index (χ4v) is 4.81. The van der Waals surface area contributed by atoms with Crippen molar-refractivity contribution in [3.05, 3.63) is 0 Å². The van der Waals surface area contributed by atoms with Gasteiger partial charge in [-0.2, -0.15) is 0 Å². The van der Waals surface area contributed by atoms with Gasteiger partial charge in [-0.25, -0.2) is 0 Å². The lowest BCUT2D eigenvalue weighted by Gasteiger charge is -2.46. The van der Waals surface area contributed by atoms with E-state index in [9.17, 15) is 0 Å². The van der Waals surface area contributed by atoms with Gasteiger partial charge in [0.25, 0.3) is 0 Å². The fraction of sp³-hybridized carbons (Fsp3) is 1.00. The summed E-state index contributed by atoms with van der Waals surface area (Å²) < 4.78 is 0. The average Bonchev–Trinajstić information content (AvgIpc) is 2.09. The molecule has 0 bridgehead atoms. The SMILES string of the molecule is CC1CNC2(CC(C)CC(C)C2)SC1. The summed E-state index contributed by atoms with van der Waals surface area (Å²) in [5.74, 6) is 4.03. The Bertz CT molecular complexity index is 184. The summed E-state index contributed by atoms with van der Waals surface area (Å²) in [6.45, 7) is 8.41. The van der Waals surface area contributed by atoms with Gasteiger partial charge in [-0.1, -0.05) is 20.8 Å². The van der Waals surface area contributed by atoms with Crippen LogP contribution in [0.4, 0.5) is 0 Å². The minimum atomic E-state index is 0.448. The van der Waals surface area contributed by atoms with Crippen molar-refractivity contribution in [1.29, 1.82) is 0 Å². The third-order valence-electron chi connectivity index (χ3n) is 3.58. The maximum absolute atomic E-state index is 3.81. The van der Waals surface area contributed by atoms with E-state index in [0.29, 0.717) is 4.87 Å². The van der Waals surface area contributed by atoms with Gasteiger partial charge in [-0.05, 0) is 49.3 Å². The molecule has 1 saturated carbocycles. The molecule has 2 aliphatic rings. The molecular formula is C12H23NS. The van der Waals surface area contributed by atoms with Crippen LogP contribution in [0.15, 0.2) is 0 Å². The van der Waals surface area contributed by atoms with Gasteiger partial charge in [0, 0.05) is 0 Å². The van der Waals surface area contributed by atoms with E-state index in [-0.39, 0.29) is 0 Å². The summed E-state index contributed by atoms with van der Waals surface area (Å²) in [7, 11) is 0. The van der Waals surface area contributed by atoms with Crippen molar-refractivity contribution in [2.75, 3.05) is 12.3 Å². The van der Waals surface area contributed by atoms with Crippen molar-refractivity contribution in [1.82, 2.24) is 5.32 Å². The van der Waals surface area contributed by atoms with Gasteiger partial charge < -0.3 is 5.32 Å². The average molecular weight is 213 g/mol. The van der Waals surface area contributed by atoms with E-state index in [4.69, 9.17) is 0 Å². The van der Waals surface area contributed by atoms with Crippen molar-refractivity contribution in [2.45, 2.75) is 44.9 Å². The van der Waals surface area contributed by atoms with Crippen LogP contribution in [0.25, 0.3) is 0 Å². The Labute approximate surface area is 92.4 Å². The van der Waals surface area contributed by atoms with E-state index in [2.05, 4.69) is 37.8 Å². The molecule has 1 N–H and O–H groups in total.